The summed E-state index contributed by atoms with van der Waals surface area (Å²) in [4.78, 5) is 0. The van der Waals surface area contributed by atoms with Crippen LogP contribution in [0.15, 0.2) is 146 Å². The Balaban J connectivity index is 1.66. The van der Waals surface area contributed by atoms with Gasteiger partial charge in [-0.1, -0.05) is 119 Å². The summed E-state index contributed by atoms with van der Waals surface area (Å²) in [7, 11) is 0. The lowest BCUT2D eigenvalue weighted by molar-refractivity contribution is 0.447. The second-order valence-corrected chi connectivity index (χ2v) is 14.2. The molecule has 0 amide bonds. The zero-order valence-corrected chi connectivity index (χ0v) is 31.0. The van der Waals surface area contributed by atoms with E-state index in [-0.39, 0.29) is 66.4 Å². The molecule has 0 aliphatic heterocycles. The van der Waals surface area contributed by atoms with Gasteiger partial charge in [0.15, 0.2) is 69.8 Å². The predicted octanol–water partition coefficient (Wildman–Crippen LogP) is 11.4. The van der Waals surface area contributed by atoms with E-state index in [1.54, 1.807) is 0 Å². The first-order valence-electron chi connectivity index (χ1n) is 18.4. The average molecular weight is 840 g/mol. The molecule has 61 heavy (non-hydrogen) atoms. The summed E-state index contributed by atoms with van der Waals surface area (Å²) in [6.07, 6.45) is -3.34. The van der Waals surface area contributed by atoms with Gasteiger partial charge in [-0.05, 0) is 70.8 Å². The molecule has 0 aliphatic rings. The lowest BCUT2D eigenvalue weighted by Gasteiger charge is -2.49. The van der Waals surface area contributed by atoms with Gasteiger partial charge in [0.2, 0.25) is 0 Å². The molecule has 8 aromatic carbocycles. The topological polar surface area (TPSA) is 0 Å². The van der Waals surface area contributed by atoms with Crippen LogP contribution < -0.4 is 21.9 Å². The summed E-state index contributed by atoms with van der Waals surface area (Å²) in [6.45, 7) is 0. The number of hydrogen-bond donors (Lipinski definition) is 0. The summed E-state index contributed by atoms with van der Waals surface area (Å²) >= 11 is 0. The third kappa shape index (κ3) is 6.93. The first-order chi connectivity index (χ1) is 29.2. The van der Waals surface area contributed by atoms with Gasteiger partial charge in [0.1, 0.15) is 6.15 Å². The Labute approximate surface area is 339 Å². The van der Waals surface area contributed by atoms with Crippen LogP contribution in [0.3, 0.4) is 0 Å². The molecular formula is C48H24BF12-. The molecule has 0 N–H and O–H groups in total. The summed E-state index contributed by atoms with van der Waals surface area (Å²) in [5, 5.41) is 0. The fraction of sp³-hybridized carbons (Fsp3) is 0. The highest BCUT2D eigenvalue weighted by Gasteiger charge is 2.39. The fourth-order valence-electron chi connectivity index (χ4n) is 8.40. The molecule has 0 saturated heterocycles. The van der Waals surface area contributed by atoms with Gasteiger partial charge in [-0.3, -0.25) is 0 Å². The minimum absolute atomic E-state index is 0.0101. The van der Waals surface area contributed by atoms with Gasteiger partial charge in [0.25, 0.3) is 0 Å². The molecule has 8 aromatic rings. The standard InChI is InChI=1S/C48H24BF12/c50-37-17-25(18-38(51)45(37)58)29-9-1-5-13-33(29)49(34-14-6-2-10-30(34)26-19-39(52)46(59)40(53)20-26,35-15-7-3-11-31(35)27-21-41(54)47(60)42(55)22-27)36-16-8-4-12-32(36)28-23-43(56)48(61)44(57)24-28/h1-24H/q-1. The van der Waals surface area contributed by atoms with Crippen molar-refractivity contribution in [3.63, 3.8) is 0 Å². The molecule has 0 bridgehead atoms. The summed E-state index contributed by atoms with van der Waals surface area (Å²) in [5.74, 6) is -19.9. The Hall–Kier alpha value is -7.02. The van der Waals surface area contributed by atoms with Crippen molar-refractivity contribution in [2.24, 2.45) is 0 Å². The van der Waals surface area contributed by atoms with Crippen molar-refractivity contribution in [2.75, 3.05) is 0 Å². The monoisotopic (exact) mass is 839 g/mol. The molecule has 0 aliphatic carbocycles. The second kappa shape index (κ2) is 15.9. The van der Waals surface area contributed by atoms with Gasteiger partial charge in [-0.25, -0.2) is 52.7 Å². The van der Waals surface area contributed by atoms with Crippen LogP contribution in [0.1, 0.15) is 0 Å². The summed E-state index contributed by atoms with van der Waals surface area (Å²) < 4.78 is 180. The van der Waals surface area contributed by atoms with E-state index >= 15 is 35.1 Å². The fourth-order valence-corrected chi connectivity index (χ4v) is 8.40. The number of rotatable bonds is 8. The maximum Gasteiger partial charge on any atom is 0.194 e. The van der Waals surface area contributed by atoms with Gasteiger partial charge in [0.05, 0.1) is 0 Å². The van der Waals surface area contributed by atoms with E-state index in [2.05, 4.69) is 0 Å². The molecule has 0 heterocycles. The molecule has 8 rings (SSSR count). The smallest absolute Gasteiger partial charge is 0.194 e. The summed E-state index contributed by atoms with van der Waals surface area (Å²) in [5.41, 5.74) is -0.719. The molecule has 0 fully saturated rings. The van der Waals surface area contributed by atoms with Crippen LogP contribution in [-0.4, -0.2) is 6.15 Å². The first kappa shape index (κ1) is 40.8. The Bertz CT molecular complexity index is 2530. The van der Waals surface area contributed by atoms with Gasteiger partial charge in [-0.15, -0.1) is 0 Å². The number of halogens is 12. The van der Waals surface area contributed by atoms with Crippen LogP contribution in [0, 0.1) is 69.8 Å². The van der Waals surface area contributed by atoms with E-state index in [1.807, 2.05) is 0 Å². The highest BCUT2D eigenvalue weighted by molar-refractivity contribution is 7.22. The van der Waals surface area contributed by atoms with E-state index in [1.165, 1.54) is 97.1 Å². The van der Waals surface area contributed by atoms with Crippen molar-refractivity contribution in [1.29, 1.82) is 0 Å². The van der Waals surface area contributed by atoms with Crippen molar-refractivity contribution in [2.45, 2.75) is 0 Å². The molecule has 13 heteroatoms. The highest BCUT2D eigenvalue weighted by atomic mass is 19.2. The molecule has 0 radical (unpaired) electrons. The molecule has 0 nitrogen and oxygen atoms in total. The van der Waals surface area contributed by atoms with Gasteiger partial charge in [0, 0.05) is 0 Å². The predicted molar refractivity (Wildman–Crippen MR) is 211 cm³/mol. The molecule has 0 spiro atoms. The molecule has 304 valence electrons. The van der Waals surface area contributed by atoms with Crippen molar-refractivity contribution < 1.29 is 52.7 Å². The zero-order valence-electron chi connectivity index (χ0n) is 31.0. The first-order valence-corrected chi connectivity index (χ1v) is 18.4. The lowest BCUT2D eigenvalue weighted by atomic mass is 9.11. The molecular weight excluding hydrogens is 815 g/mol. The van der Waals surface area contributed by atoms with Gasteiger partial charge in [-0.2, -0.15) is 21.9 Å². The average Bonchev–Trinajstić information content (AvgIpc) is 3.26. The van der Waals surface area contributed by atoms with Gasteiger partial charge >= 0.3 is 0 Å². The van der Waals surface area contributed by atoms with Crippen LogP contribution >= 0.6 is 0 Å². The third-order valence-electron chi connectivity index (χ3n) is 10.9. The van der Waals surface area contributed by atoms with Crippen molar-refractivity contribution in [3.8, 4) is 44.5 Å². The van der Waals surface area contributed by atoms with Crippen LogP contribution in [-0.2, 0) is 0 Å². The van der Waals surface area contributed by atoms with E-state index in [4.69, 9.17) is 0 Å². The Morgan fingerprint density at radius 2 is 0.393 bits per heavy atom. The zero-order chi connectivity index (χ0) is 43.3. The molecule has 0 unspecified atom stereocenters. The Morgan fingerprint density at radius 1 is 0.230 bits per heavy atom. The van der Waals surface area contributed by atoms with Crippen molar-refractivity contribution in [3.05, 3.63) is 215 Å². The largest absolute Gasteiger partial charge is 0.204 e. The van der Waals surface area contributed by atoms with Crippen LogP contribution in [0.25, 0.3) is 44.5 Å². The second-order valence-electron chi connectivity index (χ2n) is 14.2. The number of hydrogen-bond acceptors (Lipinski definition) is 0. The van der Waals surface area contributed by atoms with Crippen LogP contribution in [0.5, 0.6) is 0 Å². The maximum atomic E-state index is 15.2. The Morgan fingerprint density at radius 3 is 0.574 bits per heavy atom. The quantitative estimate of drug-likeness (QED) is 0.0812. The van der Waals surface area contributed by atoms with Crippen molar-refractivity contribution >= 4 is 28.0 Å². The number of benzene rings is 8. The minimum atomic E-state index is -3.34. The normalized spacial score (nSPS) is 11.6. The van der Waals surface area contributed by atoms with E-state index < -0.39 is 76.0 Å². The van der Waals surface area contributed by atoms with E-state index in [9.17, 15) is 17.6 Å². The van der Waals surface area contributed by atoms with Crippen molar-refractivity contribution in [1.82, 2.24) is 0 Å². The maximum absolute atomic E-state index is 15.2. The van der Waals surface area contributed by atoms with Gasteiger partial charge < -0.3 is 0 Å². The SMILES string of the molecule is Fc1cc(-c2ccccc2[B-](c2ccccc2-c2cc(F)c(F)c(F)c2)(c2ccccc2-c2cc(F)c(F)c(F)c2)c2ccccc2-c2cc(F)c(F)c(F)c2)cc(F)c1F. The Kier molecular flexibility index (Phi) is 10.6. The molecule has 0 atom stereocenters. The van der Waals surface area contributed by atoms with Crippen LogP contribution in [0.4, 0.5) is 52.7 Å². The molecule has 0 aromatic heterocycles. The third-order valence-corrected chi connectivity index (χ3v) is 10.9. The van der Waals surface area contributed by atoms with E-state index in [0.29, 0.717) is 48.5 Å². The highest BCUT2D eigenvalue weighted by Crippen LogP contribution is 2.34. The minimum Gasteiger partial charge on any atom is -0.204 e. The summed E-state index contributed by atoms with van der Waals surface area (Å²) in [6, 6.07) is 29.2. The van der Waals surface area contributed by atoms with E-state index in [0.717, 1.165) is 0 Å². The van der Waals surface area contributed by atoms with Crippen LogP contribution in [0.2, 0.25) is 0 Å². The molecule has 0 saturated carbocycles. The lowest BCUT2D eigenvalue weighted by Crippen LogP contribution is -2.76.